The van der Waals surface area contributed by atoms with Gasteiger partial charge in [0.2, 0.25) is 35.4 Å². The van der Waals surface area contributed by atoms with E-state index < -0.39 is 90.0 Å². The first-order chi connectivity index (χ1) is 45.9. The molecule has 24 nitrogen and oxygen atoms in total. The second-order valence-electron chi connectivity index (χ2n) is 27.3. The largest absolute Gasteiger partial charge is 0.481 e. The third-order valence-corrected chi connectivity index (χ3v) is 20.2. The Bertz CT molecular complexity index is 2970. The van der Waals surface area contributed by atoms with E-state index in [4.69, 9.17) is 19.9 Å². The molecular weight excluding hydrogens is 1260 g/mol. The summed E-state index contributed by atoms with van der Waals surface area (Å²) in [7, 11) is 6.13. The summed E-state index contributed by atoms with van der Waals surface area (Å²) in [5, 5.41) is 17.9. The normalized spacial score (nSPS) is 17.9. The number of likely N-dealkylation sites (tertiary alicyclic amines) is 2. The Balaban J connectivity index is 1.37. The van der Waals surface area contributed by atoms with Crippen LogP contribution in [-0.2, 0) is 75.2 Å². The fourth-order valence-electron chi connectivity index (χ4n) is 13.4. The van der Waals surface area contributed by atoms with Crippen molar-refractivity contribution in [3.63, 3.8) is 0 Å². The van der Waals surface area contributed by atoms with Gasteiger partial charge in [-0.2, -0.15) is 11.8 Å². The number of methoxy groups -OCH3 is 2. The van der Waals surface area contributed by atoms with E-state index in [9.17, 15) is 62.6 Å². The summed E-state index contributed by atoms with van der Waals surface area (Å²) in [5.41, 5.74) is 7.01. The molecule has 0 bridgehead atoms. The van der Waals surface area contributed by atoms with Crippen LogP contribution in [0.4, 0.5) is 15.3 Å². The SMILES string of the molecule is CC[C@H](C)C([C@@H](CC(=O)N1CCC[C@H]1[C@H](OC)[C@@H](C)C(=O)C[C@@H](Cc1ccccc1)C(=O)O)OC)N(C)C(=O)[C@@H](CC(=O)[C@H](C(C)C)N(C)C(=O)OCc1ccc(NC(=O)[C@H](CCCNC(N)=O)CC(=O)[C@@H](NC(=O)CCCCCN2C(=O)CC(SC)C2=O)C(C)C)cc1)C(C)C. The number of primary amides is 1. The molecule has 9 amide bonds. The van der Waals surface area contributed by atoms with E-state index in [1.807, 2.05) is 58.0 Å². The number of ketones is 3. The smallest absolute Gasteiger partial charge is 0.410 e. The molecule has 6 N–H and O–H groups in total. The minimum Gasteiger partial charge on any atom is -0.481 e. The van der Waals surface area contributed by atoms with E-state index in [1.165, 1.54) is 42.8 Å². The van der Waals surface area contributed by atoms with E-state index in [-0.39, 0.29) is 141 Å². The second kappa shape index (κ2) is 40.6. The minimum atomic E-state index is -1.07. The lowest BCUT2D eigenvalue weighted by Crippen LogP contribution is -2.54. The number of amides is 9. The van der Waals surface area contributed by atoms with Crippen molar-refractivity contribution in [1.29, 1.82) is 0 Å². The number of rotatable bonds is 43. The molecule has 2 unspecified atom stereocenters. The molecular formula is C72H110N8O16S. The number of benzene rings is 2. The number of carboxylic acids is 1. The van der Waals surface area contributed by atoms with Gasteiger partial charge in [0.25, 0.3) is 0 Å². The van der Waals surface area contributed by atoms with E-state index in [0.29, 0.717) is 62.7 Å². The van der Waals surface area contributed by atoms with Crippen molar-refractivity contribution in [2.45, 2.75) is 207 Å². The highest BCUT2D eigenvalue weighted by Gasteiger charge is 2.45. The lowest BCUT2D eigenvalue weighted by Gasteiger charge is -2.41. The number of ether oxygens (including phenoxy) is 3. The van der Waals surface area contributed by atoms with E-state index in [0.717, 1.165) is 5.56 Å². The molecule has 2 aliphatic rings. The van der Waals surface area contributed by atoms with Gasteiger partial charge in [0, 0.05) is 103 Å². The number of carboxylic acid groups (broad SMARTS) is 1. The standard InChI is InChI=1S/C72H110N8O16S/c1-15-46(8)65(58(94-12)40-61(85)79-35-23-27-54(79)66(95-13)47(9)55(81)38-51(70(90)91)36-48-24-18-16-19-25-48)77(10)68(88)53(43(2)3)39-57(83)64(45(6)7)78(11)72(93)96-42-49-29-31-52(32-30-49)75-67(87)50(26-22-33-74-71(73)92)37-56(82)63(44(4)5)76-60(84)28-20-17-21-34-80-62(86)41-59(97-14)69(80)89/h16,18-19,24-25,29-32,43-47,50-51,53-54,58-59,63-66H,15,17,20-23,26-28,33-42H2,1-14H3,(H,75,87)(H,76,84)(H,90,91)(H3,73,74,92)/t46-,47-,50+,51+,53-,54-,58+,59?,63-,64-,65?,66+/m0/s1. The number of anilines is 1. The van der Waals surface area contributed by atoms with Gasteiger partial charge in [-0.15, -0.1) is 0 Å². The first-order valence-corrected chi connectivity index (χ1v) is 35.7. The van der Waals surface area contributed by atoms with Gasteiger partial charge >= 0.3 is 18.1 Å². The van der Waals surface area contributed by atoms with Gasteiger partial charge in [-0.05, 0) is 98.1 Å². The molecule has 540 valence electrons. The van der Waals surface area contributed by atoms with Crippen LogP contribution in [0.25, 0.3) is 0 Å². The summed E-state index contributed by atoms with van der Waals surface area (Å²) in [6.45, 7) is 17.2. The zero-order chi connectivity index (χ0) is 72.4. The highest BCUT2D eigenvalue weighted by molar-refractivity contribution is 8.00. The molecule has 25 heteroatoms. The molecule has 97 heavy (non-hydrogen) atoms. The van der Waals surface area contributed by atoms with Crippen molar-refractivity contribution in [2.24, 2.45) is 53.1 Å². The summed E-state index contributed by atoms with van der Waals surface area (Å²) in [6.07, 6.45) is 3.29. The van der Waals surface area contributed by atoms with Crippen molar-refractivity contribution in [1.82, 2.24) is 30.2 Å². The Kier molecular flexibility index (Phi) is 34.4. The number of Topliss-reactive ketones (excluding diaryl/α,β-unsaturated/α-hetero) is 3. The average Bonchev–Trinajstić information content (AvgIpc) is 1.63. The Morgan fingerprint density at radius 3 is 1.98 bits per heavy atom. The number of unbranched alkanes of at least 4 members (excludes halogenated alkanes) is 2. The number of thioether (sulfide) groups is 1. The maximum Gasteiger partial charge on any atom is 0.410 e. The summed E-state index contributed by atoms with van der Waals surface area (Å²) in [5.74, 6) is -8.33. The summed E-state index contributed by atoms with van der Waals surface area (Å²) in [6, 6.07) is 12.0. The Morgan fingerprint density at radius 2 is 1.41 bits per heavy atom. The highest BCUT2D eigenvalue weighted by Crippen LogP contribution is 2.33. The molecule has 2 saturated heterocycles. The number of nitrogens with two attached hydrogens (primary N) is 1. The molecule has 0 spiro atoms. The first kappa shape index (κ1) is 82.2. The van der Waals surface area contributed by atoms with Crippen LogP contribution >= 0.6 is 11.8 Å². The van der Waals surface area contributed by atoms with Crippen LogP contribution in [0.5, 0.6) is 0 Å². The van der Waals surface area contributed by atoms with Crippen LogP contribution in [-0.4, -0.2) is 191 Å². The lowest BCUT2D eigenvalue weighted by atomic mass is 9.83. The van der Waals surface area contributed by atoms with Gasteiger partial charge in [-0.1, -0.05) is 118 Å². The molecule has 2 heterocycles. The van der Waals surface area contributed by atoms with Crippen molar-refractivity contribution in [3.8, 4) is 0 Å². The first-order valence-electron chi connectivity index (χ1n) is 34.4. The number of aliphatic carboxylic acids is 1. The summed E-state index contributed by atoms with van der Waals surface area (Å²) >= 11 is 1.35. The van der Waals surface area contributed by atoms with E-state index >= 15 is 0 Å². The molecule has 0 aromatic heterocycles. The monoisotopic (exact) mass is 1370 g/mol. The molecule has 4 rings (SSSR count). The number of nitrogens with one attached hydrogen (secondary N) is 3. The third kappa shape index (κ3) is 24.6. The molecule has 2 aromatic rings. The number of urea groups is 1. The van der Waals surface area contributed by atoms with Gasteiger partial charge in [0.15, 0.2) is 11.6 Å². The maximum absolute atomic E-state index is 14.9. The molecule has 12 atom stereocenters. The number of hydrogen-bond acceptors (Lipinski definition) is 16. The van der Waals surface area contributed by atoms with Gasteiger partial charge < -0.3 is 55.7 Å². The van der Waals surface area contributed by atoms with Crippen LogP contribution in [0.3, 0.4) is 0 Å². The fraction of sp³-hybridized carbons (Fsp3) is 0.667. The lowest BCUT2D eigenvalue weighted by molar-refractivity contribution is -0.149. The van der Waals surface area contributed by atoms with Crippen molar-refractivity contribution in [2.75, 3.05) is 59.5 Å². The van der Waals surface area contributed by atoms with Crippen LogP contribution in [0, 0.1) is 47.3 Å². The molecule has 2 aromatic carbocycles. The molecule has 0 radical (unpaired) electrons. The summed E-state index contributed by atoms with van der Waals surface area (Å²) < 4.78 is 17.8. The Hall–Kier alpha value is -7.25. The van der Waals surface area contributed by atoms with Gasteiger partial charge in [0.05, 0.1) is 54.0 Å². The zero-order valence-electron chi connectivity index (χ0n) is 59.6. The second-order valence-corrected chi connectivity index (χ2v) is 28.3. The van der Waals surface area contributed by atoms with Crippen molar-refractivity contribution < 1.29 is 76.9 Å². The van der Waals surface area contributed by atoms with Crippen LogP contribution in [0.1, 0.15) is 163 Å². The predicted molar refractivity (Wildman–Crippen MR) is 370 cm³/mol. The van der Waals surface area contributed by atoms with Gasteiger partial charge in [0.1, 0.15) is 12.4 Å². The van der Waals surface area contributed by atoms with Gasteiger partial charge in [-0.25, -0.2) is 9.59 Å². The van der Waals surface area contributed by atoms with Gasteiger partial charge in [-0.3, -0.25) is 52.8 Å². The Labute approximate surface area is 578 Å². The van der Waals surface area contributed by atoms with E-state index in [1.54, 1.807) is 82.0 Å². The number of imide groups is 1. The number of carbonyl (C=O) groups is 12. The molecule has 0 aliphatic carbocycles. The van der Waals surface area contributed by atoms with E-state index in [2.05, 4.69) is 16.0 Å². The zero-order valence-corrected chi connectivity index (χ0v) is 60.5. The highest BCUT2D eigenvalue weighted by atomic mass is 32.2. The van der Waals surface area contributed by atoms with Crippen molar-refractivity contribution in [3.05, 3.63) is 65.7 Å². The third-order valence-electron chi connectivity index (χ3n) is 19.2. The molecule has 2 fully saturated rings. The maximum atomic E-state index is 14.9. The van der Waals surface area contributed by atoms with Crippen molar-refractivity contribution >= 4 is 88.3 Å². The number of hydrogen-bond donors (Lipinski definition) is 5. The van der Waals surface area contributed by atoms with Crippen LogP contribution in [0.15, 0.2) is 54.6 Å². The Morgan fingerprint density at radius 1 is 0.753 bits per heavy atom. The number of carbonyl (C=O) groups excluding carboxylic acids is 11. The summed E-state index contributed by atoms with van der Waals surface area (Å²) in [4.78, 5) is 167. The average molecular weight is 1380 g/mol. The number of nitrogens with zero attached hydrogens (tertiary/aromatic N) is 4. The van der Waals surface area contributed by atoms with Crippen LogP contribution in [0.2, 0.25) is 0 Å². The van der Waals surface area contributed by atoms with Crippen LogP contribution < -0.4 is 21.7 Å². The minimum absolute atomic E-state index is 0.0975. The molecule has 2 aliphatic heterocycles. The topological polar surface area (TPSA) is 328 Å². The fourth-order valence-corrected chi connectivity index (χ4v) is 14.0. The predicted octanol–water partition coefficient (Wildman–Crippen LogP) is 8.49. The molecule has 0 saturated carbocycles. The number of likely N-dealkylation sites (N-methyl/N-ethyl adjacent to an activating group) is 2. The quantitative estimate of drug-likeness (QED) is 0.0307.